The summed E-state index contributed by atoms with van der Waals surface area (Å²) in [4.78, 5) is 15.1. The van der Waals surface area contributed by atoms with Crippen molar-refractivity contribution in [2.75, 3.05) is 4.90 Å². The van der Waals surface area contributed by atoms with Crippen LogP contribution in [0.15, 0.2) is 83.3 Å². The molecule has 1 heterocycles. The molecule has 25 heavy (non-hydrogen) atoms. The van der Waals surface area contributed by atoms with Gasteiger partial charge in [0.1, 0.15) is 0 Å². The largest absolute Gasteiger partial charge is 0.307 e. The monoisotopic (exact) mass is 391 g/mol. The van der Waals surface area contributed by atoms with Gasteiger partial charge in [0, 0.05) is 10.2 Å². The summed E-state index contributed by atoms with van der Waals surface area (Å²) in [6.07, 6.45) is 0.744. The quantitative estimate of drug-likeness (QED) is 0.588. The number of nitrogens with zero attached hydrogens (tertiary/aromatic N) is 1. The molecule has 0 saturated heterocycles. The molecule has 124 valence electrons. The Labute approximate surface area is 156 Å². The van der Waals surface area contributed by atoms with Gasteiger partial charge in [-0.3, -0.25) is 4.79 Å². The Morgan fingerprint density at radius 3 is 2.24 bits per heavy atom. The van der Waals surface area contributed by atoms with Crippen molar-refractivity contribution >= 4 is 27.5 Å². The topological polar surface area (TPSA) is 20.3 Å². The van der Waals surface area contributed by atoms with E-state index in [4.69, 9.17) is 0 Å². The molecule has 1 aliphatic heterocycles. The molecule has 0 aliphatic carbocycles. The highest BCUT2D eigenvalue weighted by molar-refractivity contribution is 9.10. The molecule has 0 saturated carbocycles. The van der Waals surface area contributed by atoms with Crippen molar-refractivity contribution < 1.29 is 4.79 Å². The van der Waals surface area contributed by atoms with Gasteiger partial charge in [-0.15, -0.1) is 0 Å². The molecule has 0 spiro atoms. The number of rotatable bonds is 4. The van der Waals surface area contributed by atoms with Crippen molar-refractivity contribution in [3.05, 3.63) is 100 Å². The molecule has 0 bridgehead atoms. The Hall–Kier alpha value is -2.39. The average Bonchev–Trinajstić information content (AvgIpc) is 2.90. The Morgan fingerprint density at radius 1 is 0.800 bits per heavy atom. The molecule has 1 atom stereocenters. The van der Waals surface area contributed by atoms with Gasteiger partial charge < -0.3 is 4.90 Å². The Kier molecular flexibility index (Phi) is 4.41. The van der Waals surface area contributed by atoms with Crippen molar-refractivity contribution in [2.45, 2.75) is 18.9 Å². The van der Waals surface area contributed by atoms with Crippen molar-refractivity contribution in [3.63, 3.8) is 0 Å². The van der Waals surface area contributed by atoms with E-state index in [9.17, 15) is 4.79 Å². The molecule has 0 N–H and O–H groups in total. The van der Waals surface area contributed by atoms with E-state index in [1.165, 1.54) is 5.56 Å². The van der Waals surface area contributed by atoms with Crippen LogP contribution < -0.4 is 4.90 Å². The summed E-state index contributed by atoms with van der Waals surface area (Å²) in [6, 6.07) is 26.6. The molecule has 3 aromatic rings. The summed E-state index contributed by atoms with van der Waals surface area (Å²) in [5, 5.41) is 0. The molecule has 1 unspecified atom stereocenters. The lowest BCUT2D eigenvalue weighted by Gasteiger charge is -2.18. The number of benzene rings is 3. The fourth-order valence-electron chi connectivity index (χ4n) is 3.45. The first-order valence-corrected chi connectivity index (χ1v) is 9.20. The van der Waals surface area contributed by atoms with Gasteiger partial charge in [0.25, 0.3) is 0 Å². The number of anilines is 1. The van der Waals surface area contributed by atoms with Gasteiger partial charge in [0.05, 0.1) is 12.5 Å². The molecule has 0 fully saturated rings. The van der Waals surface area contributed by atoms with Crippen molar-refractivity contribution in [1.82, 2.24) is 0 Å². The van der Waals surface area contributed by atoms with Crippen LogP contribution >= 0.6 is 15.9 Å². The first kappa shape index (κ1) is 16.1. The lowest BCUT2D eigenvalue weighted by Crippen LogP contribution is -2.28. The second kappa shape index (κ2) is 6.85. The van der Waals surface area contributed by atoms with Crippen LogP contribution in [0.4, 0.5) is 5.69 Å². The average molecular weight is 392 g/mol. The predicted octanol–water partition coefficient (Wildman–Crippen LogP) is 5.32. The summed E-state index contributed by atoms with van der Waals surface area (Å²) in [5.41, 5.74) is 4.50. The zero-order valence-corrected chi connectivity index (χ0v) is 15.3. The van der Waals surface area contributed by atoms with Crippen molar-refractivity contribution in [3.8, 4) is 0 Å². The molecular formula is C22H18BrNO. The maximum atomic E-state index is 13.2. The predicted molar refractivity (Wildman–Crippen MR) is 105 cm³/mol. The first-order valence-electron chi connectivity index (χ1n) is 8.41. The maximum absolute atomic E-state index is 13.2. The van der Waals surface area contributed by atoms with E-state index in [0.29, 0.717) is 6.54 Å². The second-order valence-electron chi connectivity index (χ2n) is 6.35. The van der Waals surface area contributed by atoms with Gasteiger partial charge in [-0.1, -0.05) is 76.6 Å². The van der Waals surface area contributed by atoms with Crippen LogP contribution in [0.5, 0.6) is 0 Å². The summed E-state index contributed by atoms with van der Waals surface area (Å²) in [5.74, 6) is 0.0852. The van der Waals surface area contributed by atoms with Gasteiger partial charge in [-0.2, -0.15) is 0 Å². The van der Waals surface area contributed by atoms with E-state index < -0.39 is 0 Å². The van der Waals surface area contributed by atoms with Gasteiger partial charge in [-0.25, -0.2) is 0 Å². The number of halogens is 1. The van der Waals surface area contributed by atoms with Crippen LogP contribution in [-0.2, 0) is 17.8 Å². The minimum absolute atomic E-state index is 0.103. The summed E-state index contributed by atoms with van der Waals surface area (Å²) >= 11 is 3.46. The lowest BCUT2D eigenvalue weighted by molar-refractivity contribution is -0.119. The van der Waals surface area contributed by atoms with E-state index in [0.717, 1.165) is 27.7 Å². The molecule has 3 aromatic carbocycles. The van der Waals surface area contributed by atoms with Crippen molar-refractivity contribution in [1.29, 1.82) is 0 Å². The zero-order chi connectivity index (χ0) is 17.2. The first-order chi connectivity index (χ1) is 12.2. The second-order valence-corrected chi connectivity index (χ2v) is 7.27. The lowest BCUT2D eigenvalue weighted by atomic mass is 9.93. The van der Waals surface area contributed by atoms with Crippen LogP contribution in [0.1, 0.15) is 22.6 Å². The van der Waals surface area contributed by atoms with Gasteiger partial charge in [0.15, 0.2) is 0 Å². The van der Waals surface area contributed by atoms with E-state index >= 15 is 0 Å². The normalized spacial score (nSPS) is 16.1. The minimum Gasteiger partial charge on any atom is -0.307 e. The van der Waals surface area contributed by atoms with Crippen LogP contribution in [0.2, 0.25) is 0 Å². The third kappa shape index (κ3) is 3.24. The van der Waals surface area contributed by atoms with Gasteiger partial charge in [0.2, 0.25) is 5.91 Å². The Bertz CT molecular complexity index is 889. The molecule has 4 rings (SSSR count). The number of fused-ring (bicyclic) bond motifs is 1. The molecule has 2 nitrogen and oxygen atoms in total. The number of carbonyl (C=O) groups excluding carboxylic acids is 1. The molecule has 0 aromatic heterocycles. The van der Waals surface area contributed by atoms with Crippen molar-refractivity contribution in [2.24, 2.45) is 0 Å². The van der Waals surface area contributed by atoms with E-state index in [-0.39, 0.29) is 11.8 Å². The summed E-state index contributed by atoms with van der Waals surface area (Å²) < 4.78 is 1.05. The molecule has 1 aliphatic rings. The van der Waals surface area contributed by atoms with E-state index in [1.807, 2.05) is 47.4 Å². The Morgan fingerprint density at radius 2 is 1.48 bits per heavy atom. The number of hydrogen-bond acceptors (Lipinski definition) is 1. The third-order valence-corrected chi connectivity index (χ3v) is 5.23. The Balaban J connectivity index is 1.65. The van der Waals surface area contributed by atoms with Crippen LogP contribution in [0.25, 0.3) is 0 Å². The van der Waals surface area contributed by atoms with Gasteiger partial charge >= 0.3 is 0 Å². The number of carbonyl (C=O) groups is 1. The third-order valence-electron chi connectivity index (χ3n) is 4.70. The molecule has 3 heteroatoms. The van der Waals surface area contributed by atoms with Gasteiger partial charge in [-0.05, 0) is 41.3 Å². The maximum Gasteiger partial charge on any atom is 0.235 e. The van der Waals surface area contributed by atoms with Crippen LogP contribution in [-0.4, -0.2) is 5.91 Å². The zero-order valence-electron chi connectivity index (χ0n) is 13.7. The highest BCUT2D eigenvalue weighted by Gasteiger charge is 2.36. The van der Waals surface area contributed by atoms with E-state index in [1.54, 1.807) is 0 Å². The fourth-order valence-corrected chi connectivity index (χ4v) is 3.71. The highest BCUT2D eigenvalue weighted by atomic mass is 79.9. The highest BCUT2D eigenvalue weighted by Crippen LogP contribution is 2.39. The summed E-state index contributed by atoms with van der Waals surface area (Å²) in [6.45, 7) is 0.606. The molecular weight excluding hydrogens is 374 g/mol. The van der Waals surface area contributed by atoms with E-state index in [2.05, 4.69) is 52.3 Å². The number of hydrogen-bond donors (Lipinski definition) is 0. The minimum atomic E-state index is -0.103. The number of amides is 1. The standard InChI is InChI=1S/C22H18BrNO/c23-18-12-10-17(11-13-18)15-24-21-9-5-4-8-19(21)20(22(24)25)14-16-6-2-1-3-7-16/h1-13,20H,14-15H2. The van der Waals surface area contributed by atoms with Crippen LogP contribution in [0, 0.1) is 0 Å². The smallest absolute Gasteiger partial charge is 0.235 e. The molecule has 0 radical (unpaired) electrons. The summed E-state index contributed by atoms with van der Waals surface area (Å²) in [7, 11) is 0. The molecule has 1 amide bonds. The SMILES string of the molecule is O=C1C(Cc2ccccc2)c2ccccc2N1Cc1ccc(Br)cc1. The fraction of sp³-hybridized carbons (Fsp3) is 0.136. The van der Waals surface area contributed by atoms with Crippen LogP contribution in [0.3, 0.4) is 0 Å². The number of para-hydroxylation sites is 1.